The monoisotopic (exact) mass is 307 g/mol. The van der Waals surface area contributed by atoms with Crippen LogP contribution in [0.5, 0.6) is 0 Å². The van der Waals surface area contributed by atoms with E-state index in [1.807, 2.05) is 18.2 Å². The van der Waals surface area contributed by atoms with Crippen molar-refractivity contribution in [3.63, 3.8) is 0 Å². The molecular formula is C21H25NO. The van der Waals surface area contributed by atoms with Crippen molar-refractivity contribution in [2.45, 2.75) is 52.4 Å². The molecule has 0 saturated heterocycles. The van der Waals surface area contributed by atoms with Gasteiger partial charge in [0.1, 0.15) is 5.69 Å². The normalized spacial score (nSPS) is 20.1. The van der Waals surface area contributed by atoms with E-state index in [-0.39, 0.29) is 16.2 Å². The molecule has 0 heterocycles. The molecule has 0 aromatic heterocycles. The average Bonchev–Trinajstić information content (AvgIpc) is 2.63. The molecule has 2 aromatic carbocycles. The van der Waals surface area contributed by atoms with E-state index >= 15 is 0 Å². The lowest BCUT2D eigenvalue weighted by molar-refractivity contribution is 0.125. The van der Waals surface area contributed by atoms with Gasteiger partial charge in [-0.3, -0.25) is 0 Å². The summed E-state index contributed by atoms with van der Waals surface area (Å²) >= 11 is 0. The molecule has 2 heteroatoms. The lowest BCUT2D eigenvalue weighted by Gasteiger charge is -2.44. The molecule has 0 saturated carbocycles. The van der Waals surface area contributed by atoms with E-state index in [0.717, 1.165) is 11.1 Å². The fourth-order valence-electron chi connectivity index (χ4n) is 4.03. The van der Waals surface area contributed by atoms with Crippen molar-refractivity contribution in [2.75, 3.05) is 0 Å². The van der Waals surface area contributed by atoms with Crippen LogP contribution in [0.1, 0.15) is 52.7 Å². The van der Waals surface area contributed by atoms with Gasteiger partial charge in [-0.05, 0) is 44.2 Å². The van der Waals surface area contributed by atoms with E-state index in [2.05, 4.69) is 64.9 Å². The molecule has 0 bridgehead atoms. The highest BCUT2D eigenvalue weighted by molar-refractivity contribution is 5.77. The van der Waals surface area contributed by atoms with Gasteiger partial charge in [0.2, 0.25) is 0 Å². The molecule has 0 radical (unpaired) electrons. The highest BCUT2D eigenvalue weighted by Crippen LogP contribution is 2.61. The van der Waals surface area contributed by atoms with Crippen LogP contribution in [0.2, 0.25) is 0 Å². The smallest absolute Gasteiger partial charge is 0.115 e. The third-order valence-electron chi connectivity index (χ3n) is 6.80. The van der Waals surface area contributed by atoms with Gasteiger partial charge >= 0.3 is 0 Å². The minimum atomic E-state index is 0.0609. The van der Waals surface area contributed by atoms with Crippen LogP contribution in [0, 0.1) is 10.3 Å². The van der Waals surface area contributed by atoms with Crippen LogP contribution in [0.4, 0.5) is 5.69 Å². The summed E-state index contributed by atoms with van der Waals surface area (Å²) in [5, 5.41) is 3.18. The van der Waals surface area contributed by atoms with Gasteiger partial charge in [-0.2, -0.15) is 0 Å². The topological polar surface area (TPSA) is 29.4 Å². The van der Waals surface area contributed by atoms with E-state index in [1.54, 1.807) is 6.07 Å². The number of hydrogen-bond acceptors (Lipinski definition) is 2. The maximum Gasteiger partial charge on any atom is 0.115 e. The summed E-state index contributed by atoms with van der Waals surface area (Å²) < 4.78 is 0. The molecular weight excluding hydrogens is 282 g/mol. The molecule has 0 aliphatic heterocycles. The largest absolute Gasteiger partial charge is 0.145 e. The molecule has 0 amide bonds. The second-order valence-corrected chi connectivity index (χ2v) is 8.24. The summed E-state index contributed by atoms with van der Waals surface area (Å²) in [6, 6.07) is 14.2. The number of rotatable bonds is 2. The van der Waals surface area contributed by atoms with Crippen molar-refractivity contribution in [2.24, 2.45) is 10.6 Å². The zero-order valence-corrected chi connectivity index (χ0v) is 14.9. The predicted octanol–water partition coefficient (Wildman–Crippen LogP) is 6.35. The standard InChI is InChI=1S/C21H25NO/c1-19(2)16-12-11-14(15-9-7-8-10-18(15)22-23)13-17(16)20(3,4)21(19,5)6/h7-13H,1-6H3. The number of fused-ring (bicyclic) bond motifs is 1. The van der Waals surface area contributed by atoms with E-state index < -0.39 is 0 Å². The van der Waals surface area contributed by atoms with Crippen LogP contribution < -0.4 is 0 Å². The third-order valence-corrected chi connectivity index (χ3v) is 6.80. The van der Waals surface area contributed by atoms with Crippen molar-refractivity contribution < 1.29 is 0 Å². The van der Waals surface area contributed by atoms with Gasteiger partial charge < -0.3 is 0 Å². The molecule has 0 fully saturated rings. The number of benzene rings is 2. The Hall–Kier alpha value is -1.96. The van der Waals surface area contributed by atoms with Crippen molar-refractivity contribution in [1.29, 1.82) is 0 Å². The Morgan fingerprint density at radius 1 is 0.783 bits per heavy atom. The Balaban J connectivity index is 2.25. The first kappa shape index (κ1) is 15.9. The molecule has 120 valence electrons. The van der Waals surface area contributed by atoms with Gasteiger partial charge in [-0.15, -0.1) is 4.91 Å². The maximum absolute atomic E-state index is 11.1. The molecule has 23 heavy (non-hydrogen) atoms. The van der Waals surface area contributed by atoms with Crippen LogP contribution in [0.15, 0.2) is 47.6 Å². The summed E-state index contributed by atoms with van der Waals surface area (Å²) in [6.45, 7) is 14.0. The number of nitrogens with zero attached hydrogens (tertiary/aromatic N) is 1. The van der Waals surface area contributed by atoms with E-state index in [4.69, 9.17) is 0 Å². The average molecular weight is 307 g/mol. The summed E-state index contributed by atoms with van der Waals surface area (Å²) in [6.07, 6.45) is 0. The molecule has 2 nitrogen and oxygen atoms in total. The number of hydrogen-bond donors (Lipinski definition) is 0. The van der Waals surface area contributed by atoms with Crippen LogP contribution >= 0.6 is 0 Å². The summed E-state index contributed by atoms with van der Waals surface area (Å²) in [4.78, 5) is 11.1. The van der Waals surface area contributed by atoms with Gasteiger partial charge in [0.25, 0.3) is 0 Å². The quantitative estimate of drug-likeness (QED) is 0.595. The molecule has 0 unspecified atom stereocenters. The molecule has 0 atom stereocenters. The Labute approximate surface area is 138 Å². The van der Waals surface area contributed by atoms with E-state index in [1.165, 1.54) is 11.1 Å². The summed E-state index contributed by atoms with van der Waals surface area (Å²) in [5.74, 6) is 0. The zero-order valence-electron chi connectivity index (χ0n) is 14.9. The van der Waals surface area contributed by atoms with Crippen LogP contribution in [0.3, 0.4) is 0 Å². The van der Waals surface area contributed by atoms with Gasteiger partial charge in [-0.25, -0.2) is 0 Å². The van der Waals surface area contributed by atoms with E-state index in [9.17, 15) is 4.91 Å². The van der Waals surface area contributed by atoms with Crippen molar-refractivity contribution >= 4 is 5.69 Å². The van der Waals surface area contributed by atoms with Gasteiger partial charge in [0.15, 0.2) is 0 Å². The Morgan fingerprint density at radius 3 is 2.04 bits per heavy atom. The first-order chi connectivity index (χ1) is 10.6. The first-order valence-corrected chi connectivity index (χ1v) is 8.22. The SMILES string of the molecule is CC1(C)c2ccc(-c3ccccc3N=O)cc2C(C)(C)C1(C)C. The summed E-state index contributed by atoms with van der Waals surface area (Å²) in [7, 11) is 0. The van der Waals surface area contributed by atoms with Gasteiger partial charge in [0, 0.05) is 5.56 Å². The molecule has 2 aromatic rings. The van der Waals surface area contributed by atoms with Crippen molar-refractivity contribution in [3.8, 4) is 11.1 Å². The maximum atomic E-state index is 11.1. The molecule has 1 aliphatic rings. The fraction of sp³-hybridized carbons (Fsp3) is 0.429. The van der Waals surface area contributed by atoms with Crippen molar-refractivity contribution in [1.82, 2.24) is 0 Å². The number of nitroso groups, excluding NO2 is 1. The minimum absolute atomic E-state index is 0.0609. The second-order valence-electron chi connectivity index (χ2n) is 8.24. The molecule has 1 aliphatic carbocycles. The lowest BCUT2D eigenvalue weighted by Crippen LogP contribution is -2.42. The molecule has 3 rings (SSSR count). The highest BCUT2D eigenvalue weighted by Gasteiger charge is 2.56. The lowest BCUT2D eigenvalue weighted by atomic mass is 9.59. The minimum Gasteiger partial charge on any atom is -0.145 e. The van der Waals surface area contributed by atoms with Gasteiger partial charge in [-0.1, -0.05) is 77.9 Å². The second kappa shape index (κ2) is 4.77. The Morgan fingerprint density at radius 2 is 1.39 bits per heavy atom. The Bertz CT molecular complexity index is 784. The Kier molecular flexibility index (Phi) is 3.30. The molecule has 0 spiro atoms. The van der Waals surface area contributed by atoms with Crippen molar-refractivity contribution in [3.05, 3.63) is 58.5 Å². The molecule has 0 N–H and O–H groups in total. The van der Waals surface area contributed by atoms with Crippen LogP contribution in [-0.4, -0.2) is 0 Å². The fourth-order valence-corrected chi connectivity index (χ4v) is 4.03. The predicted molar refractivity (Wildman–Crippen MR) is 97.2 cm³/mol. The zero-order chi connectivity index (χ0) is 17.0. The van der Waals surface area contributed by atoms with E-state index in [0.29, 0.717) is 5.69 Å². The van der Waals surface area contributed by atoms with Gasteiger partial charge in [0.05, 0.1) is 0 Å². The first-order valence-electron chi connectivity index (χ1n) is 8.22. The van der Waals surface area contributed by atoms with Crippen LogP contribution in [-0.2, 0) is 10.8 Å². The third kappa shape index (κ3) is 1.94. The summed E-state index contributed by atoms with van der Waals surface area (Å²) in [5.41, 5.74) is 5.58. The van der Waals surface area contributed by atoms with Crippen LogP contribution in [0.25, 0.3) is 11.1 Å². The highest BCUT2D eigenvalue weighted by atomic mass is 16.3.